The minimum absolute atomic E-state index is 0.278. The summed E-state index contributed by atoms with van der Waals surface area (Å²) in [6.07, 6.45) is 6.34. The molecule has 0 aliphatic carbocycles. The third-order valence-electron chi connectivity index (χ3n) is 3.93. The molecule has 3 aromatic rings. The van der Waals surface area contributed by atoms with Crippen molar-refractivity contribution in [1.29, 1.82) is 0 Å². The number of para-hydroxylation sites is 2. The maximum atomic E-state index is 12.0. The number of nitrogens with one attached hydrogen (secondary N) is 2. The number of hydrogen-bond donors (Lipinski definition) is 3. The molecule has 0 spiro atoms. The summed E-state index contributed by atoms with van der Waals surface area (Å²) in [7, 11) is 1.64. The van der Waals surface area contributed by atoms with Crippen molar-refractivity contribution >= 4 is 29.3 Å². The highest BCUT2D eigenvalue weighted by Gasteiger charge is 2.02. The van der Waals surface area contributed by atoms with E-state index in [1.54, 1.807) is 43.8 Å². The normalized spacial score (nSPS) is 10.6. The van der Waals surface area contributed by atoms with Crippen LogP contribution in [0.3, 0.4) is 0 Å². The van der Waals surface area contributed by atoms with Crippen molar-refractivity contribution in [3.05, 3.63) is 78.1 Å². The summed E-state index contributed by atoms with van der Waals surface area (Å²) in [5, 5.41) is 5.87. The molecule has 0 aliphatic heterocycles. The first-order valence-electron chi connectivity index (χ1n) is 8.66. The van der Waals surface area contributed by atoms with E-state index >= 15 is 0 Å². The molecule has 4 N–H and O–H groups in total. The van der Waals surface area contributed by atoms with Gasteiger partial charge in [0.2, 0.25) is 11.9 Å². The number of nitrogen functional groups attached to an aromatic ring is 1. The minimum Gasteiger partial charge on any atom is -0.497 e. The monoisotopic (exact) mass is 375 g/mol. The first kappa shape index (κ1) is 18.9. The van der Waals surface area contributed by atoms with Crippen LogP contribution >= 0.6 is 0 Å². The van der Waals surface area contributed by atoms with Crippen LogP contribution in [0.1, 0.15) is 11.1 Å². The number of nitrogens with zero attached hydrogens (tertiary/aromatic N) is 2. The molecule has 0 radical (unpaired) electrons. The third kappa shape index (κ3) is 5.31. The molecule has 0 bridgehead atoms. The summed E-state index contributed by atoms with van der Waals surface area (Å²) < 4.78 is 5.14. The number of carbonyl (C=O) groups is 1. The Morgan fingerprint density at radius 1 is 1.11 bits per heavy atom. The summed E-state index contributed by atoms with van der Waals surface area (Å²) in [5.41, 5.74) is 8.70. The van der Waals surface area contributed by atoms with Gasteiger partial charge in [-0.15, -0.1) is 0 Å². The van der Waals surface area contributed by atoms with Crippen molar-refractivity contribution in [3.8, 4) is 5.75 Å². The maximum Gasteiger partial charge on any atom is 0.248 e. The summed E-state index contributed by atoms with van der Waals surface area (Å²) in [6.45, 7) is 0.597. The Labute approximate surface area is 163 Å². The molecule has 0 atom stereocenters. The highest BCUT2D eigenvalue weighted by Crippen LogP contribution is 2.16. The van der Waals surface area contributed by atoms with Crippen LogP contribution in [-0.4, -0.2) is 23.0 Å². The summed E-state index contributed by atoms with van der Waals surface area (Å²) >= 11 is 0. The van der Waals surface area contributed by atoms with Crippen LogP contribution in [-0.2, 0) is 11.3 Å². The first-order valence-corrected chi connectivity index (χ1v) is 8.66. The van der Waals surface area contributed by atoms with Crippen molar-refractivity contribution in [2.45, 2.75) is 6.54 Å². The Kier molecular flexibility index (Phi) is 6.20. The van der Waals surface area contributed by atoms with E-state index in [2.05, 4.69) is 20.6 Å². The van der Waals surface area contributed by atoms with Crippen molar-refractivity contribution < 1.29 is 9.53 Å². The minimum atomic E-state index is -0.278. The van der Waals surface area contributed by atoms with Gasteiger partial charge in [-0.2, -0.15) is 0 Å². The number of hydrogen-bond acceptors (Lipinski definition) is 6. The molecular weight excluding hydrogens is 354 g/mol. The molecule has 0 saturated carbocycles. The summed E-state index contributed by atoms with van der Waals surface area (Å²) in [6, 6.07) is 14.8. The van der Waals surface area contributed by atoms with Crippen LogP contribution in [0.4, 0.5) is 17.3 Å². The second-order valence-corrected chi connectivity index (χ2v) is 5.95. The van der Waals surface area contributed by atoms with Gasteiger partial charge in [0.15, 0.2) is 0 Å². The van der Waals surface area contributed by atoms with E-state index in [1.165, 1.54) is 6.08 Å². The standard InChI is InChI=1S/C21H21N5O2/c1-28-17-9-6-15(7-10-17)12-23-21-24-13-16(14-25-21)8-11-20(27)26-19-5-3-2-4-18(19)22/h2-11,13-14H,12,22H2,1H3,(H,26,27)(H,23,24,25). The van der Waals surface area contributed by atoms with Gasteiger partial charge >= 0.3 is 0 Å². The van der Waals surface area contributed by atoms with Gasteiger partial charge in [-0.3, -0.25) is 4.79 Å². The summed E-state index contributed by atoms with van der Waals surface area (Å²) in [5.74, 6) is 1.05. The van der Waals surface area contributed by atoms with E-state index in [4.69, 9.17) is 10.5 Å². The third-order valence-corrected chi connectivity index (χ3v) is 3.93. The van der Waals surface area contributed by atoms with Gasteiger partial charge in [-0.25, -0.2) is 9.97 Å². The van der Waals surface area contributed by atoms with Crippen molar-refractivity contribution in [3.63, 3.8) is 0 Å². The van der Waals surface area contributed by atoms with E-state index < -0.39 is 0 Å². The molecule has 0 aliphatic rings. The fraction of sp³-hybridized carbons (Fsp3) is 0.0952. The van der Waals surface area contributed by atoms with Gasteiger partial charge < -0.3 is 21.1 Å². The van der Waals surface area contributed by atoms with Crippen LogP contribution in [0.25, 0.3) is 6.08 Å². The van der Waals surface area contributed by atoms with E-state index in [0.29, 0.717) is 29.4 Å². The molecular formula is C21H21N5O2. The molecule has 7 heteroatoms. The second-order valence-electron chi connectivity index (χ2n) is 5.95. The average molecular weight is 375 g/mol. The zero-order valence-electron chi connectivity index (χ0n) is 15.4. The van der Waals surface area contributed by atoms with Crippen LogP contribution < -0.4 is 21.1 Å². The number of benzene rings is 2. The maximum absolute atomic E-state index is 12.0. The number of carbonyl (C=O) groups excluding carboxylic acids is 1. The fourth-order valence-corrected chi connectivity index (χ4v) is 2.40. The lowest BCUT2D eigenvalue weighted by Crippen LogP contribution is -2.09. The fourth-order valence-electron chi connectivity index (χ4n) is 2.40. The Hall–Kier alpha value is -3.87. The van der Waals surface area contributed by atoms with Gasteiger partial charge in [0.05, 0.1) is 18.5 Å². The van der Waals surface area contributed by atoms with Gasteiger partial charge in [0.25, 0.3) is 0 Å². The topological polar surface area (TPSA) is 102 Å². The zero-order valence-corrected chi connectivity index (χ0v) is 15.4. The largest absolute Gasteiger partial charge is 0.497 e. The highest BCUT2D eigenvalue weighted by molar-refractivity contribution is 6.03. The van der Waals surface area contributed by atoms with Crippen LogP contribution in [0.15, 0.2) is 67.0 Å². The Morgan fingerprint density at radius 3 is 2.50 bits per heavy atom. The van der Waals surface area contributed by atoms with Gasteiger partial charge in [-0.1, -0.05) is 24.3 Å². The number of amides is 1. The smallest absolute Gasteiger partial charge is 0.248 e. The predicted molar refractivity (Wildman–Crippen MR) is 111 cm³/mol. The molecule has 0 unspecified atom stereocenters. The SMILES string of the molecule is COc1ccc(CNc2ncc(C=CC(=O)Nc3ccccc3N)cn2)cc1. The molecule has 0 fully saturated rings. The second kappa shape index (κ2) is 9.18. The Balaban J connectivity index is 1.52. The summed E-state index contributed by atoms with van der Waals surface area (Å²) in [4.78, 5) is 20.5. The zero-order chi connectivity index (χ0) is 19.8. The van der Waals surface area contributed by atoms with E-state index in [1.807, 2.05) is 30.3 Å². The predicted octanol–water partition coefficient (Wildman–Crippen LogP) is 3.33. The van der Waals surface area contributed by atoms with Crippen molar-refractivity contribution in [2.24, 2.45) is 0 Å². The van der Waals surface area contributed by atoms with Crippen molar-refractivity contribution in [1.82, 2.24) is 9.97 Å². The van der Waals surface area contributed by atoms with Crippen molar-refractivity contribution in [2.75, 3.05) is 23.5 Å². The van der Waals surface area contributed by atoms with Crippen LogP contribution in [0.2, 0.25) is 0 Å². The number of methoxy groups -OCH3 is 1. The van der Waals surface area contributed by atoms with Crippen LogP contribution in [0.5, 0.6) is 5.75 Å². The molecule has 2 aromatic carbocycles. The number of anilines is 3. The quantitative estimate of drug-likeness (QED) is 0.432. The number of nitrogens with two attached hydrogens (primary N) is 1. The molecule has 7 nitrogen and oxygen atoms in total. The molecule has 1 aromatic heterocycles. The molecule has 0 saturated heterocycles. The van der Waals surface area contributed by atoms with E-state index in [-0.39, 0.29) is 5.91 Å². The Bertz CT molecular complexity index is 953. The molecule has 142 valence electrons. The van der Waals surface area contributed by atoms with Crippen LogP contribution in [0, 0.1) is 0 Å². The number of aromatic nitrogens is 2. The lowest BCUT2D eigenvalue weighted by Gasteiger charge is -2.06. The van der Waals surface area contributed by atoms with E-state index in [0.717, 1.165) is 11.3 Å². The lowest BCUT2D eigenvalue weighted by molar-refractivity contribution is -0.111. The average Bonchev–Trinajstić information content (AvgIpc) is 2.73. The lowest BCUT2D eigenvalue weighted by atomic mass is 10.2. The molecule has 1 amide bonds. The van der Waals surface area contributed by atoms with Gasteiger partial charge in [0.1, 0.15) is 5.75 Å². The molecule has 1 heterocycles. The number of rotatable bonds is 7. The molecule has 3 rings (SSSR count). The van der Waals surface area contributed by atoms with Gasteiger partial charge in [-0.05, 0) is 35.9 Å². The van der Waals surface area contributed by atoms with E-state index in [9.17, 15) is 4.79 Å². The Morgan fingerprint density at radius 2 is 1.82 bits per heavy atom. The van der Waals surface area contributed by atoms with Gasteiger partial charge in [0, 0.05) is 30.6 Å². The first-order chi connectivity index (χ1) is 13.6. The highest BCUT2D eigenvalue weighted by atomic mass is 16.5. The molecule has 28 heavy (non-hydrogen) atoms. The number of ether oxygens (including phenoxy) is 1.